The number of ketones is 1. The minimum atomic E-state index is -0.778. The van der Waals surface area contributed by atoms with Gasteiger partial charge < -0.3 is 5.32 Å². The lowest BCUT2D eigenvalue weighted by Crippen LogP contribution is -2.13. The van der Waals surface area contributed by atoms with Gasteiger partial charge in [0.2, 0.25) is 0 Å². The second-order valence-electron chi connectivity index (χ2n) is 3.00. The van der Waals surface area contributed by atoms with E-state index < -0.39 is 17.5 Å². The fraction of sp³-hybridized carbons (Fsp3) is 0.111. The molecule has 3 nitrogen and oxygen atoms in total. The first-order valence-electron chi connectivity index (χ1n) is 3.86. The van der Waals surface area contributed by atoms with Crippen molar-refractivity contribution in [2.24, 2.45) is 0 Å². The van der Waals surface area contributed by atoms with E-state index in [4.69, 9.17) is 0 Å². The van der Waals surface area contributed by atoms with Gasteiger partial charge in [0.1, 0.15) is 5.82 Å². The summed E-state index contributed by atoms with van der Waals surface area (Å²) in [5.41, 5.74) is 0.687. The molecule has 0 aliphatic carbocycles. The summed E-state index contributed by atoms with van der Waals surface area (Å²) in [6, 6.07) is 1.23. The molecule has 1 N–H and O–H groups in total. The largest absolute Gasteiger partial charge is 0.316 e. The molecule has 0 bridgehead atoms. The molecule has 1 aliphatic rings. The second kappa shape index (κ2) is 2.88. The number of rotatable bonds is 0. The first-order chi connectivity index (χ1) is 6.52. The number of hydrogen-bond donors (Lipinski definition) is 1. The van der Waals surface area contributed by atoms with E-state index in [0.29, 0.717) is 10.0 Å². The molecule has 14 heavy (non-hydrogen) atoms. The molecule has 0 saturated carbocycles. The summed E-state index contributed by atoms with van der Waals surface area (Å²) >= 11 is 3.12. The minimum Gasteiger partial charge on any atom is -0.316 e. The van der Waals surface area contributed by atoms with Crippen molar-refractivity contribution in [3.8, 4) is 0 Å². The quantitative estimate of drug-likeness (QED) is 0.723. The molecule has 1 aromatic rings. The normalized spacial score (nSPS) is 14.2. The molecule has 72 valence electrons. The van der Waals surface area contributed by atoms with Gasteiger partial charge in [-0.05, 0) is 18.6 Å². The van der Waals surface area contributed by atoms with Crippen LogP contribution >= 0.6 is 15.9 Å². The average molecular weight is 258 g/mol. The average Bonchev–Trinajstić information content (AvgIpc) is 2.41. The van der Waals surface area contributed by atoms with E-state index in [9.17, 15) is 14.0 Å². The number of nitrogens with one attached hydrogen (secondary N) is 1. The van der Waals surface area contributed by atoms with Crippen LogP contribution in [0.25, 0.3) is 0 Å². The monoisotopic (exact) mass is 257 g/mol. The van der Waals surface area contributed by atoms with Crippen LogP contribution < -0.4 is 5.32 Å². The lowest BCUT2D eigenvalue weighted by atomic mass is 10.1. The zero-order chi connectivity index (χ0) is 10.5. The zero-order valence-electron chi connectivity index (χ0n) is 7.15. The number of amides is 1. The van der Waals surface area contributed by atoms with Crippen LogP contribution in [0.1, 0.15) is 15.9 Å². The van der Waals surface area contributed by atoms with Gasteiger partial charge in [0.15, 0.2) is 0 Å². The lowest BCUT2D eigenvalue weighted by Gasteiger charge is -2.04. The summed E-state index contributed by atoms with van der Waals surface area (Å²) in [4.78, 5) is 22.3. The van der Waals surface area contributed by atoms with Crippen LogP contribution in [-0.2, 0) is 4.79 Å². The van der Waals surface area contributed by atoms with Crippen molar-refractivity contribution in [3.63, 3.8) is 0 Å². The van der Waals surface area contributed by atoms with Gasteiger partial charge in [-0.1, -0.05) is 15.9 Å². The number of benzene rings is 1. The highest BCUT2D eigenvalue weighted by molar-refractivity contribution is 9.10. The Bertz CT molecular complexity index is 470. The predicted molar refractivity (Wildman–Crippen MR) is 51.8 cm³/mol. The standard InChI is InChI=1S/C9H5BrFNO2/c1-3-4(10)2-5(11)7-6(3)8(13)9(14)12-7/h2H,1H3,(H,12,13,14). The highest BCUT2D eigenvalue weighted by Crippen LogP contribution is 2.33. The van der Waals surface area contributed by atoms with Gasteiger partial charge in [-0.3, -0.25) is 9.59 Å². The molecule has 0 saturated heterocycles. The number of anilines is 1. The van der Waals surface area contributed by atoms with Gasteiger partial charge in [-0.15, -0.1) is 0 Å². The van der Waals surface area contributed by atoms with E-state index in [-0.39, 0.29) is 11.3 Å². The van der Waals surface area contributed by atoms with Crippen LogP contribution in [0.15, 0.2) is 10.5 Å². The van der Waals surface area contributed by atoms with E-state index in [1.54, 1.807) is 6.92 Å². The summed E-state index contributed by atoms with van der Waals surface area (Å²) in [5.74, 6) is -2.06. The number of Topliss-reactive ketones (excluding diaryl/α,β-unsaturated/α-hetero) is 1. The van der Waals surface area contributed by atoms with E-state index in [2.05, 4.69) is 21.2 Å². The van der Waals surface area contributed by atoms with Crippen molar-refractivity contribution in [3.05, 3.63) is 27.5 Å². The predicted octanol–water partition coefficient (Wildman–Crippen LogP) is 2.03. The Balaban J connectivity index is 2.80. The van der Waals surface area contributed by atoms with Crippen molar-refractivity contribution >= 4 is 33.3 Å². The van der Waals surface area contributed by atoms with Crippen LogP contribution in [0.3, 0.4) is 0 Å². The van der Waals surface area contributed by atoms with Crippen LogP contribution in [0.5, 0.6) is 0 Å². The third-order valence-corrected chi connectivity index (χ3v) is 2.97. The van der Waals surface area contributed by atoms with E-state index >= 15 is 0 Å². The minimum absolute atomic E-state index is 0.0132. The molecule has 0 spiro atoms. The smallest absolute Gasteiger partial charge is 0.296 e. The van der Waals surface area contributed by atoms with E-state index in [1.165, 1.54) is 6.07 Å². The van der Waals surface area contributed by atoms with E-state index in [1.807, 2.05) is 0 Å². The summed E-state index contributed by atoms with van der Waals surface area (Å²) in [5, 5.41) is 2.20. The molecule has 1 amide bonds. The SMILES string of the molecule is Cc1c(Br)cc(F)c2c1C(=O)C(=O)N2. The van der Waals surface area contributed by atoms with Gasteiger partial charge in [0.05, 0.1) is 11.3 Å². The first kappa shape index (κ1) is 9.33. The molecular weight excluding hydrogens is 253 g/mol. The molecule has 0 atom stereocenters. The van der Waals surface area contributed by atoms with Crippen LogP contribution in [-0.4, -0.2) is 11.7 Å². The van der Waals surface area contributed by atoms with Crippen LogP contribution in [0.2, 0.25) is 0 Å². The Labute approximate surface area is 87.4 Å². The number of carbonyl (C=O) groups excluding carboxylic acids is 2. The van der Waals surface area contributed by atoms with Gasteiger partial charge in [0, 0.05) is 4.47 Å². The molecule has 0 radical (unpaired) electrons. The molecule has 1 aliphatic heterocycles. The third kappa shape index (κ3) is 1.09. The zero-order valence-corrected chi connectivity index (χ0v) is 8.74. The molecule has 1 aromatic carbocycles. The van der Waals surface area contributed by atoms with Gasteiger partial charge >= 0.3 is 0 Å². The van der Waals surface area contributed by atoms with Gasteiger partial charge in [0.25, 0.3) is 11.7 Å². The fourth-order valence-corrected chi connectivity index (χ4v) is 1.81. The van der Waals surface area contributed by atoms with Crippen molar-refractivity contribution in [2.75, 3.05) is 5.32 Å². The molecular formula is C9H5BrFNO2. The maximum Gasteiger partial charge on any atom is 0.296 e. The molecule has 1 heterocycles. The second-order valence-corrected chi connectivity index (χ2v) is 3.85. The van der Waals surface area contributed by atoms with Gasteiger partial charge in [-0.2, -0.15) is 0 Å². The maximum atomic E-state index is 13.3. The Morgan fingerprint density at radius 1 is 1.43 bits per heavy atom. The number of fused-ring (bicyclic) bond motifs is 1. The summed E-state index contributed by atoms with van der Waals surface area (Å²) < 4.78 is 13.8. The van der Waals surface area contributed by atoms with Crippen molar-refractivity contribution in [1.82, 2.24) is 0 Å². The van der Waals surface area contributed by atoms with Crippen molar-refractivity contribution < 1.29 is 14.0 Å². The lowest BCUT2D eigenvalue weighted by molar-refractivity contribution is -0.112. The van der Waals surface area contributed by atoms with E-state index in [0.717, 1.165) is 0 Å². The summed E-state index contributed by atoms with van der Waals surface area (Å²) in [7, 11) is 0. The molecule has 0 fully saturated rings. The molecule has 0 unspecified atom stereocenters. The topological polar surface area (TPSA) is 46.2 Å². The van der Waals surface area contributed by atoms with Crippen molar-refractivity contribution in [1.29, 1.82) is 0 Å². The number of halogens is 2. The highest BCUT2D eigenvalue weighted by Gasteiger charge is 2.32. The van der Waals surface area contributed by atoms with Gasteiger partial charge in [-0.25, -0.2) is 4.39 Å². The molecule has 5 heteroatoms. The summed E-state index contributed by atoms with van der Waals surface area (Å²) in [6.07, 6.45) is 0. The number of carbonyl (C=O) groups is 2. The Hall–Kier alpha value is -1.23. The summed E-state index contributed by atoms with van der Waals surface area (Å²) in [6.45, 7) is 1.65. The number of hydrogen-bond acceptors (Lipinski definition) is 2. The Morgan fingerprint density at radius 2 is 2.07 bits per heavy atom. The maximum absolute atomic E-state index is 13.3. The van der Waals surface area contributed by atoms with Crippen molar-refractivity contribution in [2.45, 2.75) is 6.92 Å². The Morgan fingerprint density at radius 3 is 2.71 bits per heavy atom. The molecule has 2 rings (SSSR count). The van der Waals surface area contributed by atoms with Crippen LogP contribution in [0, 0.1) is 12.7 Å². The van der Waals surface area contributed by atoms with Crippen LogP contribution in [0.4, 0.5) is 10.1 Å². The molecule has 0 aromatic heterocycles. The fourth-order valence-electron chi connectivity index (χ4n) is 1.41. The first-order valence-corrected chi connectivity index (χ1v) is 4.66. The Kier molecular flexibility index (Phi) is 1.92. The third-order valence-electron chi connectivity index (χ3n) is 2.15. The highest BCUT2D eigenvalue weighted by atomic mass is 79.9.